The summed E-state index contributed by atoms with van der Waals surface area (Å²) in [5.41, 5.74) is 6.84. The fourth-order valence-electron chi connectivity index (χ4n) is 2.97. The minimum atomic E-state index is 0.919. The highest BCUT2D eigenvalue weighted by Gasteiger charge is 2.15. The van der Waals surface area contributed by atoms with Gasteiger partial charge in [0.05, 0.1) is 11.0 Å². The number of rotatable bonds is 3. The van der Waals surface area contributed by atoms with E-state index in [4.69, 9.17) is 4.98 Å². The van der Waals surface area contributed by atoms with Gasteiger partial charge in [0, 0.05) is 24.3 Å². The Balaban J connectivity index is 0.000000569. The zero-order valence-corrected chi connectivity index (χ0v) is 15.5. The van der Waals surface area contributed by atoms with E-state index in [-0.39, 0.29) is 0 Å². The van der Waals surface area contributed by atoms with E-state index in [1.165, 1.54) is 24.1 Å². The van der Waals surface area contributed by atoms with Crippen LogP contribution in [-0.4, -0.2) is 23.1 Å². The summed E-state index contributed by atoms with van der Waals surface area (Å²) in [5, 5.41) is 0. The SMILES string of the molecule is C=Cc1cc(C)cc(-c2nc3ccc(N4CCC4)cc3[nH]2)c1.CCC. The average molecular weight is 333 g/mol. The predicted octanol–water partition coefficient (Wildman–Crippen LogP) is 5.81. The van der Waals surface area contributed by atoms with Gasteiger partial charge in [0.25, 0.3) is 0 Å². The van der Waals surface area contributed by atoms with E-state index in [0.29, 0.717) is 0 Å². The van der Waals surface area contributed by atoms with E-state index in [9.17, 15) is 0 Å². The number of aromatic nitrogens is 2. The normalized spacial score (nSPS) is 13.2. The zero-order chi connectivity index (χ0) is 17.8. The number of aryl methyl sites for hydroxylation is 1. The van der Waals surface area contributed by atoms with Crippen molar-refractivity contribution in [2.24, 2.45) is 0 Å². The van der Waals surface area contributed by atoms with Crippen LogP contribution in [-0.2, 0) is 0 Å². The molecule has 130 valence electrons. The van der Waals surface area contributed by atoms with Gasteiger partial charge in [0.15, 0.2) is 0 Å². The Bertz CT molecular complexity index is 872. The molecule has 1 aliphatic heterocycles. The lowest BCUT2D eigenvalue weighted by molar-refractivity contribution is 0.618. The summed E-state index contributed by atoms with van der Waals surface area (Å²) in [6, 6.07) is 12.9. The highest BCUT2D eigenvalue weighted by Crippen LogP contribution is 2.27. The van der Waals surface area contributed by atoms with Gasteiger partial charge in [-0.15, -0.1) is 0 Å². The summed E-state index contributed by atoms with van der Waals surface area (Å²) in [7, 11) is 0. The molecule has 1 N–H and O–H groups in total. The lowest BCUT2D eigenvalue weighted by atomic mass is 10.1. The van der Waals surface area contributed by atoms with Crippen LogP contribution in [0.1, 0.15) is 37.8 Å². The van der Waals surface area contributed by atoms with Crippen LogP contribution < -0.4 is 4.90 Å². The van der Waals surface area contributed by atoms with Crippen LogP contribution in [0.4, 0.5) is 5.69 Å². The number of benzene rings is 2. The van der Waals surface area contributed by atoms with E-state index in [2.05, 4.69) is 73.6 Å². The molecule has 0 bridgehead atoms. The molecule has 0 spiro atoms. The molecule has 4 rings (SSSR count). The van der Waals surface area contributed by atoms with Gasteiger partial charge in [0.1, 0.15) is 5.82 Å². The zero-order valence-electron chi connectivity index (χ0n) is 15.5. The summed E-state index contributed by atoms with van der Waals surface area (Å²) in [6.45, 7) is 12.5. The number of H-pyrrole nitrogens is 1. The smallest absolute Gasteiger partial charge is 0.138 e. The van der Waals surface area contributed by atoms with Crippen molar-refractivity contribution < 1.29 is 0 Å². The maximum atomic E-state index is 4.74. The average Bonchev–Trinajstić information content (AvgIpc) is 2.97. The van der Waals surface area contributed by atoms with Gasteiger partial charge in [-0.2, -0.15) is 0 Å². The molecule has 1 aliphatic rings. The van der Waals surface area contributed by atoms with Gasteiger partial charge < -0.3 is 9.88 Å². The monoisotopic (exact) mass is 333 g/mol. The van der Waals surface area contributed by atoms with Crippen LogP contribution >= 0.6 is 0 Å². The van der Waals surface area contributed by atoms with E-state index >= 15 is 0 Å². The molecule has 2 heterocycles. The molecule has 1 fully saturated rings. The second kappa shape index (κ2) is 7.56. The Kier molecular flexibility index (Phi) is 5.22. The fraction of sp³-hybridized carbons (Fsp3) is 0.318. The van der Waals surface area contributed by atoms with Crippen molar-refractivity contribution in [1.29, 1.82) is 0 Å². The molecule has 2 aromatic carbocycles. The Morgan fingerprint density at radius 2 is 1.92 bits per heavy atom. The molecule has 0 atom stereocenters. The van der Waals surface area contributed by atoms with Crippen LogP contribution in [0, 0.1) is 6.92 Å². The molecule has 25 heavy (non-hydrogen) atoms. The van der Waals surface area contributed by atoms with Crippen molar-refractivity contribution in [2.45, 2.75) is 33.6 Å². The van der Waals surface area contributed by atoms with Crippen LogP contribution in [0.5, 0.6) is 0 Å². The summed E-state index contributed by atoms with van der Waals surface area (Å²) in [6.07, 6.45) is 4.42. The maximum absolute atomic E-state index is 4.74. The molecule has 1 aromatic heterocycles. The number of aromatic amines is 1. The van der Waals surface area contributed by atoms with Gasteiger partial charge in [-0.05, 0) is 54.8 Å². The topological polar surface area (TPSA) is 31.9 Å². The largest absolute Gasteiger partial charge is 0.371 e. The predicted molar refractivity (Wildman–Crippen MR) is 109 cm³/mol. The Morgan fingerprint density at radius 3 is 2.56 bits per heavy atom. The summed E-state index contributed by atoms with van der Waals surface area (Å²) in [5.74, 6) is 0.919. The quantitative estimate of drug-likeness (QED) is 0.656. The maximum Gasteiger partial charge on any atom is 0.138 e. The molecule has 0 saturated carbocycles. The Labute approximate surface area is 150 Å². The van der Waals surface area contributed by atoms with E-state index < -0.39 is 0 Å². The minimum absolute atomic E-state index is 0.919. The number of hydrogen-bond donors (Lipinski definition) is 1. The van der Waals surface area contributed by atoms with E-state index in [0.717, 1.165) is 41.1 Å². The number of hydrogen-bond acceptors (Lipinski definition) is 2. The van der Waals surface area contributed by atoms with Crippen molar-refractivity contribution in [1.82, 2.24) is 9.97 Å². The molecular weight excluding hydrogens is 306 g/mol. The van der Waals surface area contributed by atoms with E-state index in [1.807, 2.05) is 6.08 Å². The molecule has 0 aliphatic carbocycles. The lowest BCUT2D eigenvalue weighted by Crippen LogP contribution is -2.36. The van der Waals surface area contributed by atoms with Crippen LogP contribution in [0.25, 0.3) is 28.5 Å². The molecular formula is C22H27N3. The number of fused-ring (bicyclic) bond motifs is 1. The first-order chi connectivity index (χ1) is 12.1. The van der Waals surface area contributed by atoms with Crippen molar-refractivity contribution in [3.8, 4) is 11.4 Å². The highest BCUT2D eigenvalue weighted by molar-refractivity contribution is 5.83. The number of imidazole rings is 1. The third kappa shape index (κ3) is 3.76. The molecule has 3 heteroatoms. The summed E-state index contributed by atoms with van der Waals surface area (Å²) >= 11 is 0. The van der Waals surface area contributed by atoms with Crippen molar-refractivity contribution in [3.05, 3.63) is 54.1 Å². The molecule has 0 amide bonds. The Hall–Kier alpha value is -2.55. The van der Waals surface area contributed by atoms with Crippen LogP contribution in [0.2, 0.25) is 0 Å². The van der Waals surface area contributed by atoms with Gasteiger partial charge >= 0.3 is 0 Å². The lowest BCUT2D eigenvalue weighted by Gasteiger charge is -2.33. The van der Waals surface area contributed by atoms with Crippen molar-refractivity contribution in [2.75, 3.05) is 18.0 Å². The summed E-state index contributed by atoms with van der Waals surface area (Å²) in [4.78, 5) is 10.6. The highest BCUT2D eigenvalue weighted by atomic mass is 15.2. The first-order valence-electron chi connectivity index (χ1n) is 9.13. The second-order valence-corrected chi connectivity index (χ2v) is 6.67. The van der Waals surface area contributed by atoms with E-state index in [1.54, 1.807) is 0 Å². The molecule has 0 unspecified atom stereocenters. The van der Waals surface area contributed by atoms with Gasteiger partial charge in [0.2, 0.25) is 0 Å². The molecule has 3 nitrogen and oxygen atoms in total. The third-order valence-corrected chi connectivity index (χ3v) is 4.30. The second-order valence-electron chi connectivity index (χ2n) is 6.67. The first-order valence-corrected chi connectivity index (χ1v) is 9.13. The van der Waals surface area contributed by atoms with Gasteiger partial charge in [-0.25, -0.2) is 4.98 Å². The molecule has 3 aromatic rings. The van der Waals surface area contributed by atoms with Crippen molar-refractivity contribution >= 4 is 22.8 Å². The van der Waals surface area contributed by atoms with Crippen LogP contribution in [0.15, 0.2) is 43.0 Å². The standard InChI is InChI=1S/C19H19N3.C3H8/c1-3-14-9-13(2)10-15(11-14)19-20-17-6-5-16(12-18(17)21-19)22-7-4-8-22;1-3-2/h3,5-6,9-12H,1,4,7-8H2,2H3,(H,20,21);3H2,1-2H3. The number of nitrogens with zero attached hydrogens (tertiary/aromatic N) is 2. The van der Waals surface area contributed by atoms with Gasteiger partial charge in [-0.1, -0.05) is 39.0 Å². The minimum Gasteiger partial charge on any atom is -0.371 e. The van der Waals surface area contributed by atoms with Crippen molar-refractivity contribution in [3.63, 3.8) is 0 Å². The van der Waals surface area contributed by atoms with Crippen LogP contribution in [0.3, 0.4) is 0 Å². The molecule has 0 radical (unpaired) electrons. The molecule has 1 saturated heterocycles. The van der Waals surface area contributed by atoms with Gasteiger partial charge in [-0.3, -0.25) is 0 Å². The summed E-state index contributed by atoms with van der Waals surface area (Å²) < 4.78 is 0. The number of anilines is 1. The number of nitrogens with one attached hydrogen (secondary N) is 1. The fourth-order valence-corrected chi connectivity index (χ4v) is 2.97. The first kappa shape index (κ1) is 17.3. The Morgan fingerprint density at radius 1 is 1.16 bits per heavy atom. The third-order valence-electron chi connectivity index (χ3n) is 4.30.